The van der Waals surface area contributed by atoms with Crippen molar-refractivity contribution >= 4 is 11.8 Å². The van der Waals surface area contributed by atoms with E-state index in [-0.39, 0.29) is 11.8 Å². The van der Waals surface area contributed by atoms with Gasteiger partial charge in [0.1, 0.15) is 5.75 Å². The molecule has 2 amide bonds. The van der Waals surface area contributed by atoms with Crippen LogP contribution in [0.25, 0.3) is 0 Å². The first kappa shape index (κ1) is 21.6. The number of benzene rings is 1. The van der Waals surface area contributed by atoms with E-state index in [1.54, 1.807) is 0 Å². The molecule has 0 unspecified atom stereocenters. The van der Waals surface area contributed by atoms with Crippen molar-refractivity contribution in [2.24, 2.45) is 11.8 Å². The summed E-state index contributed by atoms with van der Waals surface area (Å²) in [5.74, 6) is 1.79. The molecule has 2 heterocycles. The van der Waals surface area contributed by atoms with Crippen LogP contribution in [-0.4, -0.2) is 67.6 Å². The highest BCUT2D eigenvalue weighted by atomic mass is 16.5. The third kappa shape index (κ3) is 5.72. The monoisotopic (exact) mass is 402 g/mol. The molecule has 1 aromatic rings. The first-order valence-corrected chi connectivity index (χ1v) is 11.0. The van der Waals surface area contributed by atoms with Crippen molar-refractivity contribution in [1.29, 1.82) is 0 Å². The number of nitrogens with zero attached hydrogens (tertiary/aromatic N) is 2. The summed E-state index contributed by atoms with van der Waals surface area (Å²) in [6.07, 6.45) is 3.81. The number of amides is 2. The van der Waals surface area contributed by atoms with E-state index in [4.69, 9.17) is 9.47 Å². The number of hydrogen-bond donors (Lipinski definition) is 0. The molecule has 2 aliphatic rings. The van der Waals surface area contributed by atoms with Gasteiger partial charge in [0, 0.05) is 37.7 Å². The van der Waals surface area contributed by atoms with Gasteiger partial charge in [0.25, 0.3) is 5.91 Å². The van der Waals surface area contributed by atoms with Crippen molar-refractivity contribution in [2.45, 2.75) is 39.5 Å². The Hall–Kier alpha value is -2.08. The van der Waals surface area contributed by atoms with Gasteiger partial charge in [0.15, 0.2) is 0 Å². The molecule has 29 heavy (non-hydrogen) atoms. The fourth-order valence-corrected chi connectivity index (χ4v) is 4.07. The first-order chi connectivity index (χ1) is 14.1. The third-order valence-electron chi connectivity index (χ3n) is 6.15. The standard InChI is InChI=1S/C23H34N2O4/c1-3-19(4-2)22(26)24-11-9-18(10-12-24)17-29-21-7-5-20(6-8-21)23(27)25-13-15-28-16-14-25/h5-8,18-19H,3-4,9-17H2,1-2H3. The van der Waals surface area contributed by atoms with E-state index in [2.05, 4.69) is 13.8 Å². The Balaban J connectivity index is 1.43. The number of morpholine rings is 1. The smallest absolute Gasteiger partial charge is 0.254 e. The second-order valence-corrected chi connectivity index (χ2v) is 8.02. The number of likely N-dealkylation sites (tertiary alicyclic amines) is 1. The quantitative estimate of drug-likeness (QED) is 0.703. The lowest BCUT2D eigenvalue weighted by Gasteiger charge is -2.34. The van der Waals surface area contributed by atoms with E-state index >= 15 is 0 Å². The van der Waals surface area contributed by atoms with Crippen LogP contribution in [-0.2, 0) is 9.53 Å². The highest BCUT2D eigenvalue weighted by Gasteiger charge is 2.26. The van der Waals surface area contributed by atoms with E-state index in [1.165, 1.54) is 0 Å². The molecule has 0 aromatic heterocycles. The predicted octanol–water partition coefficient (Wildman–Crippen LogP) is 3.21. The van der Waals surface area contributed by atoms with Gasteiger partial charge in [-0.25, -0.2) is 0 Å². The minimum atomic E-state index is 0.0503. The van der Waals surface area contributed by atoms with Crippen molar-refractivity contribution in [3.63, 3.8) is 0 Å². The summed E-state index contributed by atoms with van der Waals surface area (Å²) in [5, 5.41) is 0. The molecule has 6 heteroatoms. The zero-order valence-corrected chi connectivity index (χ0v) is 17.8. The van der Waals surface area contributed by atoms with Gasteiger partial charge < -0.3 is 19.3 Å². The average molecular weight is 403 g/mol. The van der Waals surface area contributed by atoms with Crippen LogP contribution in [0.1, 0.15) is 49.9 Å². The first-order valence-electron chi connectivity index (χ1n) is 11.0. The maximum absolute atomic E-state index is 12.5. The van der Waals surface area contributed by atoms with Crippen LogP contribution < -0.4 is 4.74 Å². The molecule has 160 valence electrons. The largest absolute Gasteiger partial charge is 0.493 e. The molecule has 2 fully saturated rings. The van der Waals surface area contributed by atoms with Crippen LogP contribution in [0.2, 0.25) is 0 Å². The predicted molar refractivity (Wildman–Crippen MR) is 112 cm³/mol. The Morgan fingerprint density at radius 1 is 1.00 bits per heavy atom. The Morgan fingerprint density at radius 3 is 2.21 bits per heavy atom. The molecule has 3 rings (SSSR count). The third-order valence-corrected chi connectivity index (χ3v) is 6.15. The molecule has 6 nitrogen and oxygen atoms in total. The number of carbonyl (C=O) groups excluding carboxylic acids is 2. The molecule has 0 N–H and O–H groups in total. The molecule has 0 spiro atoms. The van der Waals surface area contributed by atoms with Gasteiger partial charge in [-0.1, -0.05) is 13.8 Å². The fraction of sp³-hybridized carbons (Fsp3) is 0.652. The van der Waals surface area contributed by atoms with Crippen molar-refractivity contribution in [2.75, 3.05) is 46.0 Å². The molecular weight excluding hydrogens is 368 g/mol. The van der Waals surface area contributed by atoms with Crippen molar-refractivity contribution in [3.05, 3.63) is 29.8 Å². The van der Waals surface area contributed by atoms with Gasteiger partial charge in [-0.15, -0.1) is 0 Å². The molecule has 0 atom stereocenters. The van der Waals surface area contributed by atoms with Crippen LogP contribution in [0.5, 0.6) is 5.75 Å². The van der Waals surface area contributed by atoms with E-state index < -0.39 is 0 Å². The zero-order valence-electron chi connectivity index (χ0n) is 17.8. The van der Waals surface area contributed by atoms with Gasteiger partial charge in [0.05, 0.1) is 19.8 Å². The maximum Gasteiger partial charge on any atom is 0.254 e. The summed E-state index contributed by atoms with van der Waals surface area (Å²) in [7, 11) is 0. The Kier molecular flexibility index (Phi) is 7.92. The summed E-state index contributed by atoms with van der Waals surface area (Å²) < 4.78 is 11.3. The zero-order chi connectivity index (χ0) is 20.6. The van der Waals surface area contributed by atoms with Gasteiger partial charge in [0.2, 0.25) is 5.91 Å². The van der Waals surface area contributed by atoms with Crippen LogP contribution in [0.15, 0.2) is 24.3 Å². The molecule has 2 saturated heterocycles. The van der Waals surface area contributed by atoms with Gasteiger partial charge >= 0.3 is 0 Å². The van der Waals surface area contributed by atoms with E-state index in [9.17, 15) is 9.59 Å². The number of carbonyl (C=O) groups is 2. The molecular formula is C23H34N2O4. The van der Waals surface area contributed by atoms with E-state index in [0.29, 0.717) is 50.3 Å². The van der Waals surface area contributed by atoms with E-state index in [1.807, 2.05) is 34.1 Å². The highest BCUT2D eigenvalue weighted by Crippen LogP contribution is 2.22. The van der Waals surface area contributed by atoms with Gasteiger partial charge in [-0.3, -0.25) is 9.59 Å². The minimum absolute atomic E-state index is 0.0503. The van der Waals surface area contributed by atoms with E-state index in [0.717, 1.165) is 44.5 Å². The normalized spacial score (nSPS) is 18.2. The molecule has 0 saturated carbocycles. The lowest BCUT2D eigenvalue weighted by atomic mass is 9.95. The van der Waals surface area contributed by atoms with Crippen molar-refractivity contribution < 1.29 is 19.1 Å². The molecule has 0 radical (unpaired) electrons. The number of ether oxygens (including phenoxy) is 2. The van der Waals surface area contributed by atoms with Gasteiger partial charge in [-0.2, -0.15) is 0 Å². The van der Waals surface area contributed by atoms with Crippen molar-refractivity contribution in [1.82, 2.24) is 9.80 Å². The second kappa shape index (κ2) is 10.6. The number of piperidine rings is 1. The maximum atomic E-state index is 12.5. The lowest BCUT2D eigenvalue weighted by molar-refractivity contribution is -0.137. The summed E-state index contributed by atoms with van der Waals surface area (Å²) in [5.41, 5.74) is 0.687. The van der Waals surface area contributed by atoms with Crippen LogP contribution in [0.4, 0.5) is 0 Å². The van der Waals surface area contributed by atoms with Crippen LogP contribution in [0, 0.1) is 11.8 Å². The SMILES string of the molecule is CCC(CC)C(=O)N1CCC(COc2ccc(C(=O)N3CCOCC3)cc2)CC1. The fourth-order valence-electron chi connectivity index (χ4n) is 4.07. The molecule has 0 bridgehead atoms. The van der Waals surface area contributed by atoms with Gasteiger partial charge in [-0.05, 0) is 55.9 Å². The molecule has 2 aliphatic heterocycles. The number of rotatable bonds is 7. The average Bonchev–Trinajstić information content (AvgIpc) is 2.79. The lowest BCUT2D eigenvalue weighted by Crippen LogP contribution is -2.42. The summed E-state index contributed by atoms with van der Waals surface area (Å²) in [6, 6.07) is 7.42. The Morgan fingerprint density at radius 2 is 1.62 bits per heavy atom. The Labute approximate surface area is 174 Å². The van der Waals surface area contributed by atoms with Crippen molar-refractivity contribution in [3.8, 4) is 5.75 Å². The van der Waals surface area contributed by atoms with Crippen LogP contribution >= 0.6 is 0 Å². The molecule has 1 aromatic carbocycles. The minimum Gasteiger partial charge on any atom is -0.493 e. The van der Waals surface area contributed by atoms with Crippen LogP contribution in [0.3, 0.4) is 0 Å². The topological polar surface area (TPSA) is 59.1 Å². The number of hydrogen-bond acceptors (Lipinski definition) is 4. The second-order valence-electron chi connectivity index (χ2n) is 8.02. The highest BCUT2D eigenvalue weighted by molar-refractivity contribution is 5.94. The summed E-state index contributed by atoms with van der Waals surface area (Å²) in [6.45, 7) is 9.00. The summed E-state index contributed by atoms with van der Waals surface area (Å²) >= 11 is 0. The Bertz CT molecular complexity index is 658. The summed E-state index contributed by atoms with van der Waals surface area (Å²) in [4.78, 5) is 28.9. The molecule has 0 aliphatic carbocycles.